The Morgan fingerprint density at radius 1 is 1.24 bits per heavy atom. The van der Waals surface area contributed by atoms with Crippen molar-refractivity contribution in [3.8, 4) is 5.75 Å². The Labute approximate surface area is 124 Å². The average Bonchev–Trinajstić information content (AvgIpc) is 2.45. The lowest BCUT2D eigenvalue weighted by atomic mass is 10.2. The molecule has 6 nitrogen and oxygen atoms in total. The molecule has 0 saturated carbocycles. The van der Waals surface area contributed by atoms with Crippen LogP contribution in [0.4, 0.5) is 5.69 Å². The van der Waals surface area contributed by atoms with E-state index in [4.69, 9.17) is 21.4 Å². The first-order chi connectivity index (χ1) is 10.0. The minimum absolute atomic E-state index is 0.00943. The van der Waals surface area contributed by atoms with Crippen LogP contribution in [0.2, 0.25) is 5.02 Å². The van der Waals surface area contributed by atoms with E-state index in [-0.39, 0.29) is 28.6 Å². The van der Waals surface area contributed by atoms with Gasteiger partial charge in [-0.1, -0.05) is 29.8 Å². The quantitative estimate of drug-likeness (QED) is 0.674. The van der Waals surface area contributed by atoms with Crippen LogP contribution in [0, 0.1) is 10.1 Å². The molecule has 0 heterocycles. The van der Waals surface area contributed by atoms with Crippen LogP contribution < -0.4 is 4.74 Å². The highest BCUT2D eigenvalue weighted by Gasteiger charge is 2.17. The minimum Gasteiger partial charge on any atom is -0.486 e. The van der Waals surface area contributed by atoms with Gasteiger partial charge in [0.15, 0.2) is 5.75 Å². The number of halogens is 1. The molecule has 0 aliphatic carbocycles. The van der Waals surface area contributed by atoms with Crippen LogP contribution >= 0.6 is 11.6 Å². The van der Waals surface area contributed by atoms with E-state index < -0.39 is 10.9 Å². The van der Waals surface area contributed by atoms with Crippen molar-refractivity contribution in [2.45, 2.75) is 6.61 Å². The van der Waals surface area contributed by atoms with E-state index in [0.717, 1.165) is 0 Å². The highest BCUT2D eigenvalue weighted by atomic mass is 35.5. The van der Waals surface area contributed by atoms with E-state index in [2.05, 4.69) is 0 Å². The molecule has 7 heteroatoms. The molecule has 0 atom stereocenters. The van der Waals surface area contributed by atoms with Gasteiger partial charge in [-0.05, 0) is 18.2 Å². The third-order valence-electron chi connectivity index (χ3n) is 2.76. The number of carboxylic acids is 1. The van der Waals surface area contributed by atoms with Gasteiger partial charge in [0.05, 0.1) is 15.5 Å². The third kappa shape index (κ3) is 3.29. The van der Waals surface area contributed by atoms with Crippen molar-refractivity contribution >= 4 is 23.3 Å². The van der Waals surface area contributed by atoms with Gasteiger partial charge in [-0.15, -0.1) is 0 Å². The van der Waals surface area contributed by atoms with Crippen molar-refractivity contribution in [2.24, 2.45) is 0 Å². The fraction of sp³-hybridized carbons (Fsp3) is 0.0714. The maximum atomic E-state index is 11.1. The van der Waals surface area contributed by atoms with Crippen LogP contribution in [0.15, 0.2) is 42.5 Å². The number of carbonyl (C=O) groups is 1. The SMILES string of the molecule is O=C(O)c1cccc(Cl)c1OCc1ccccc1[N+](=O)[O-]. The molecule has 0 aliphatic rings. The van der Waals surface area contributed by atoms with Gasteiger partial charge < -0.3 is 9.84 Å². The van der Waals surface area contributed by atoms with E-state index in [9.17, 15) is 14.9 Å². The van der Waals surface area contributed by atoms with Gasteiger partial charge in [0, 0.05) is 6.07 Å². The molecule has 21 heavy (non-hydrogen) atoms. The molecule has 2 aromatic carbocycles. The second kappa shape index (κ2) is 6.23. The number of aromatic carboxylic acids is 1. The van der Waals surface area contributed by atoms with Crippen LogP contribution in [0.25, 0.3) is 0 Å². The largest absolute Gasteiger partial charge is 0.486 e. The molecule has 0 spiro atoms. The zero-order valence-electron chi connectivity index (χ0n) is 10.7. The molecule has 0 aliphatic heterocycles. The summed E-state index contributed by atoms with van der Waals surface area (Å²) in [6.45, 7) is -0.152. The Balaban J connectivity index is 2.29. The fourth-order valence-corrected chi connectivity index (χ4v) is 2.01. The lowest BCUT2D eigenvalue weighted by molar-refractivity contribution is -0.385. The average molecular weight is 308 g/mol. The maximum absolute atomic E-state index is 11.1. The molecule has 0 amide bonds. The number of para-hydroxylation sites is 2. The number of carboxylic acid groups (broad SMARTS) is 1. The molecule has 2 rings (SSSR count). The van der Waals surface area contributed by atoms with Crippen molar-refractivity contribution < 1.29 is 19.6 Å². The summed E-state index contributed by atoms with van der Waals surface area (Å²) >= 11 is 5.92. The van der Waals surface area contributed by atoms with Crippen molar-refractivity contribution in [1.29, 1.82) is 0 Å². The summed E-state index contributed by atoms with van der Waals surface area (Å²) in [4.78, 5) is 21.5. The topological polar surface area (TPSA) is 89.7 Å². The predicted octanol–water partition coefficient (Wildman–Crippen LogP) is 3.53. The van der Waals surface area contributed by atoms with Gasteiger partial charge in [0.2, 0.25) is 0 Å². The second-order valence-electron chi connectivity index (χ2n) is 4.10. The van der Waals surface area contributed by atoms with Gasteiger partial charge in [-0.3, -0.25) is 10.1 Å². The van der Waals surface area contributed by atoms with E-state index in [1.165, 1.54) is 30.3 Å². The summed E-state index contributed by atoms with van der Waals surface area (Å²) in [6.07, 6.45) is 0. The lowest BCUT2D eigenvalue weighted by Gasteiger charge is -2.11. The first kappa shape index (κ1) is 14.8. The smallest absolute Gasteiger partial charge is 0.339 e. The molecular weight excluding hydrogens is 298 g/mol. The highest BCUT2D eigenvalue weighted by molar-refractivity contribution is 6.32. The number of nitrogens with zero attached hydrogens (tertiary/aromatic N) is 1. The molecular formula is C14H10ClNO5. The fourth-order valence-electron chi connectivity index (χ4n) is 1.78. The summed E-state index contributed by atoms with van der Waals surface area (Å²) in [5.74, 6) is -1.19. The summed E-state index contributed by atoms with van der Waals surface area (Å²) in [7, 11) is 0. The molecule has 0 aromatic heterocycles. The number of hydrogen-bond acceptors (Lipinski definition) is 4. The Bertz CT molecular complexity index is 702. The Morgan fingerprint density at radius 2 is 1.95 bits per heavy atom. The number of hydrogen-bond donors (Lipinski definition) is 1. The van der Waals surface area contributed by atoms with E-state index in [0.29, 0.717) is 5.56 Å². The normalized spacial score (nSPS) is 10.1. The van der Waals surface area contributed by atoms with Crippen LogP contribution in [0.5, 0.6) is 5.75 Å². The Kier molecular flexibility index (Phi) is 4.39. The third-order valence-corrected chi connectivity index (χ3v) is 3.06. The second-order valence-corrected chi connectivity index (χ2v) is 4.50. The summed E-state index contributed by atoms with van der Waals surface area (Å²) in [5, 5.41) is 20.1. The van der Waals surface area contributed by atoms with Crippen molar-refractivity contribution in [2.75, 3.05) is 0 Å². The number of nitro groups is 1. The van der Waals surface area contributed by atoms with Crippen LogP contribution in [0.3, 0.4) is 0 Å². The van der Waals surface area contributed by atoms with Gasteiger partial charge >= 0.3 is 5.97 Å². The lowest BCUT2D eigenvalue weighted by Crippen LogP contribution is -2.05. The number of benzene rings is 2. The molecule has 0 unspecified atom stereocenters. The highest BCUT2D eigenvalue weighted by Crippen LogP contribution is 2.30. The van der Waals surface area contributed by atoms with E-state index >= 15 is 0 Å². The van der Waals surface area contributed by atoms with Crippen LogP contribution in [-0.4, -0.2) is 16.0 Å². The number of nitro benzene ring substituents is 1. The maximum Gasteiger partial charge on any atom is 0.339 e. The monoisotopic (exact) mass is 307 g/mol. The van der Waals surface area contributed by atoms with E-state index in [1.54, 1.807) is 12.1 Å². The van der Waals surface area contributed by atoms with Gasteiger partial charge in [0.1, 0.15) is 12.2 Å². The number of rotatable bonds is 5. The Hall–Kier alpha value is -2.60. The zero-order chi connectivity index (χ0) is 15.4. The first-order valence-electron chi connectivity index (χ1n) is 5.87. The van der Waals surface area contributed by atoms with Gasteiger partial charge in [-0.2, -0.15) is 0 Å². The van der Waals surface area contributed by atoms with Crippen molar-refractivity contribution in [3.63, 3.8) is 0 Å². The van der Waals surface area contributed by atoms with Crippen LogP contribution in [-0.2, 0) is 6.61 Å². The van der Waals surface area contributed by atoms with E-state index in [1.807, 2.05) is 0 Å². The molecule has 0 fully saturated rings. The van der Waals surface area contributed by atoms with Crippen LogP contribution in [0.1, 0.15) is 15.9 Å². The predicted molar refractivity (Wildman–Crippen MR) is 75.8 cm³/mol. The molecule has 108 valence electrons. The molecule has 0 bridgehead atoms. The summed E-state index contributed by atoms with van der Waals surface area (Å²) < 4.78 is 5.39. The molecule has 0 saturated heterocycles. The zero-order valence-corrected chi connectivity index (χ0v) is 11.4. The molecule has 0 radical (unpaired) electrons. The number of ether oxygens (including phenoxy) is 1. The Morgan fingerprint density at radius 3 is 2.62 bits per heavy atom. The molecule has 2 aromatic rings. The van der Waals surface area contributed by atoms with Gasteiger partial charge in [-0.25, -0.2) is 4.79 Å². The standard InChI is InChI=1S/C14H10ClNO5/c15-11-6-3-5-10(14(17)18)13(11)21-8-9-4-1-2-7-12(9)16(19)20/h1-7H,8H2,(H,17,18). The molecule has 1 N–H and O–H groups in total. The minimum atomic E-state index is -1.19. The van der Waals surface area contributed by atoms with Crippen molar-refractivity contribution in [1.82, 2.24) is 0 Å². The summed E-state index contributed by atoms with van der Waals surface area (Å²) in [5.41, 5.74) is 0.140. The van der Waals surface area contributed by atoms with Crippen molar-refractivity contribution in [3.05, 3.63) is 68.7 Å². The van der Waals surface area contributed by atoms with Gasteiger partial charge in [0.25, 0.3) is 5.69 Å². The summed E-state index contributed by atoms with van der Waals surface area (Å²) in [6, 6.07) is 10.4. The first-order valence-corrected chi connectivity index (χ1v) is 6.25.